The molecule has 0 fully saturated rings. The van der Waals surface area contributed by atoms with Crippen LogP contribution in [-0.4, -0.2) is 31.1 Å². The Morgan fingerprint density at radius 2 is 2.09 bits per heavy atom. The van der Waals surface area contributed by atoms with E-state index in [2.05, 4.69) is 17.1 Å². The van der Waals surface area contributed by atoms with Gasteiger partial charge < -0.3 is 5.32 Å². The lowest BCUT2D eigenvalue weighted by Crippen LogP contribution is -2.35. The van der Waals surface area contributed by atoms with Gasteiger partial charge in [0.2, 0.25) is 5.91 Å². The Balaban J connectivity index is 3.29. The van der Waals surface area contributed by atoms with Crippen molar-refractivity contribution in [2.45, 2.75) is 26.7 Å². The first-order chi connectivity index (χ1) is 5.20. The van der Waals surface area contributed by atoms with E-state index in [0.717, 1.165) is 13.0 Å². The van der Waals surface area contributed by atoms with Gasteiger partial charge in [0.25, 0.3) is 0 Å². The molecule has 66 valence electrons. The second kappa shape index (κ2) is 6.16. The van der Waals surface area contributed by atoms with Gasteiger partial charge in [0.1, 0.15) is 0 Å². The largest absolute Gasteiger partial charge is 0.343 e. The number of carbonyl (C=O) groups excluding carboxylic acids is 1. The number of amides is 1. The van der Waals surface area contributed by atoms with Crippen LogP contribution in [0.3, 0.4) is 0 Å². The third kappa shape index (κ3) is 5.85. The first kappa shape index (κ1) is 10.4. The van der Waals surface area contributed by atoms with Gasteiger partial charge in [-0.1, -0.05) is 13.8 Å². The first-order valence-corrected chi connectivity index (χ1v) is 4.16. The molecule has 1 amide bonds. The third-order valence-electron chi connectivity index (χ3n) is 1.47. The molecule has 3 nitrogen and oxygen atoms in total. The Hall–Kier alpha value is -0.570. The molecule has 1 N–H and O–H groups in total. The van der Waals surface area contributed by atoms with Crippen molar-refractivity contribution < 1.29 is 4.79 Å². The summed E-state index contributed by atoms with van der Waals surface area (Å²) in [6.07, 6.45) is 1.69. The predicted octanol–water partition coefficient (Wildman–Crippen LogP) is 0.812. The molecular weight excluding hydrogens is 140 g/mol. The maximum Gasteiger partial charge on any atom is 0.220 e. The van der Waals surface area contributed by atoms with Crippen LogP contribution in [0.4, 0.5) is 0 Å². The van der Waals surface area contributed by atoms with Gasteiger partial charge in [0.15, 0.2) is 0 Å². The zero-order valence-electron chi connectivity index (χ0n) is 7.68. The van der Waals surface area contributed by atoms with E-state index in [1.165, 1.54) is 0 Å². The van der Waals surface area contributed by atoms with Gasteiger partial charge in [-0.3, -0.25) is 9.69 Å². The van der Waals surface area contributed by atoms with Crippen LogP contribution in [-0.2, 0) is 4.79 Å². The quantitative estimate of drug-likeness (QED) is 0.601. The number of hydrogen-bond acceptors (Lipinski definition) is 2. The molecule has 3 heteroatoms. The highest BCUT2D eigenvalue weighted by Gasteiger charge is 1.98. The molecule has 0 aliphatic carbocycles. The van der Waals surface area contributed by atoms with Gasteiger partial charge in [0.05, 0.1) is 6.67 Å². The summed E-state index contributed by atoms with van der Waals surface area (Å²) in [6, 6.07) is 0. The van der Waals surface area contributed by atoms with Crippen LogP contribution in [0.1, 0.15) is 26.7 Å². The van der Waals surface area contributed by atoms with Crippen molar-refractivity contribution in [1.82, 2.24) is 10.2 Å². The van der Waals surface area contributed by atoms with Crippen LogP contribution in [0.25, 0.3) is 0 Å². The van der Waals surface area contributed by atoms with Crippen LogP contribution in [0.15, 0.2) is 0 Å². The summed E-state index contributed by atoms with van der Waals surface area (Å²) >= 11 is 0. The highest BCUT2D eigenvalue weighted by molar-refractivity contribution is 5.75. The fourth-order valence-corrected chi connectivity index (χ4v) is 0.809. The SMILES string of the molecule is CCCN(C)CNC(=O)CC. The number of nitrogens with zero attached hydrogens (tertiary/aromatic N) is 1. The Morgan fingerprint density at radius 1 is 1.45 bits per heavy atom. The zero-order chi connectivity index (χ0) is 8.69. The minimum Gasteiger partial charge on any atom is -0.343 e. The molecule has 0 radical (unpaired) electrons. The van der Waals surface area contributed by atoms with Gasteiger partial charge in [0, 0.05) is 6.42 Å². The molecule has 11 heavy (non-hydrogen) atoms. The normalized spacial score (nSPS) is 10.2. The van der Waals surface area contributed by atoms with Crippen LogP contribution in [0.2, 0.25) is 0 Å². The second-order valence-corrected chi connectivity index (χ2v) is 2.69. The maximum atomic E-state index is 10.8. The molecule has 0 saturated heterocycles. The Labute approximate surface area is 68.8 Å². The van der Waals surface area contributed by atoms with E-state index in [9.17, 15) is 4.79 Å². The van der Waals surface area contributed by atoms with E-state index < -0.39 is 0 Å². The molecule has 0 heterocycles. The molecule has 0 aromatic rings. The van der Waals surface area contributed by atoms with E-state index in [4.69, 9.17) is 0 Å². The number of nitrogens with one attached hydrogen (secondary N) is 1. The summed E-state index contributed by atoms with van der Waals surface area (Å²) in [5.41, 5.74) is 0. The standard InChI is InChI=1S/C8H18N2O/c1-4-6-10(3)7-9-8(11)5-2/h4-7H2,1-3H3,(H,9,11). The van der Waals surface area contributed by atoms with E-state index in [1.807, 2.05) is 14.0 Å². The van der Waals surface area contributed by atoms with Gasteiger partial charge in [-0.2, -0.15) is 0 Å². The zero-order valence-corrected chi connectivity index (χ0v) is 7.68. The molecule has 0 aliphatic heterocycles. The molecule has 0 aliphatic rings. The molecule has 0 unspecified atom stereocenters. The molecule has 0 aromatic carbocycles. The van der Waals surface area contributed by atoms with Crippen LogP contribution < -0.4 is 5.32 Å². The van der Waals surface area contributed by atoms with E-state index >= 15 is 0 Å². The van der Waals surface area contributed by atoms with Gasteiger partial charge in [-0.05, 0) is 20.0 Å². The first-order valence-electron chi connectivity index (χ1n) is 4.16. The van der Waals surface area contributed by atoms with Crippen LogP contribution in [0.5, 0.6) is 0 Å². The molecule has 0 atom stereocenters. The van der Waals surface area contributed by atoms with Crippen molar-refractivity contribution in [3.63, 3.8) is 0 Å². The molecule has 0 bridgehead atoms. The van der Waals surface area contributed by atoms with Gasteiger partial charge in [-0.15, -0.1) is 0 Å². The van der Waals surface area contributed by atoms with Crippen LogP contribution in [0, 0.1) is 0 Å². The average molecular weight is 158 g/mol. The summed E-state index contributed by atoms with van der Waals surface area (Å²) < 4.78 is 0. The molecule has 0 spiro atoms. The highest BCUT2D eigenvalue weighted by Crippen LogP contribution is 1.83. The Morgan fingerprint density at radius 3 is 2.55 bits per heavy atom. The summed E-state index contributed by atoms with van der Waals surface area (Å²) in [6.45, 7) is 5.68. The number of rotatable bonds is 5. The van der Waals surface area contributed by atoms with E-state index in [0.29, 0.717) is 13.1 Å². The topological polar surface area (TPSA) is 32.3 Å². The fraction of sp³-hybridized carbons (Fsp3) is 0.875. The predicted molar refractivity (Wildman–Crippen MR) is 46.2 cm³/mol. The molecular formula is C8H18N2O. The lowest BCUT2D eigenvalue weighted by Gasteiger charge is -2.15. The molecule has 0 rings (SSSR count). The highest BCUT2D eigenvalue weighted by atomic mass is 16.1. The van der Waals surface area contributed by atoms with Gasteiger partial charge >= 0.3 is 0 Å². The summed E-state index contributed by atoms with van der Waals surface area (Å²) in [4.78, 5) is 12.9. The third-order valence-corrected chi connectivity index (χ3v) is 1.47. The number of hydrogen-bond donors (Lipinski definition) is 1. The van der Waals surface area contributed by atoms with Crippen molar-refractivity contribution in [2.24, 2.45) is 0 Å². The minimum atomic E-state index is 0.118. The number of carbonyl (C=O) groups is 1. The molecule has 0 aromatic heterocycles. The van der Waals surface area contributed by atoms with E-state index in [-0.39, 0.29) is 5.91 Å². The lowest BCUT2D eigenvalue weighted by atomic mass is 10.4. The van der Waals surface area contributed by atoms with Crippen molar-refractivity contribution in [1.29, 1.82) is 0 Å². The average Bonchev–Trinajstić information content (AvgIpc) is 2.01. The maximum absolute atomic E-state index is 10.8. The lowest BCUT2D eigenvalue weighted by molar-refractivity contribution is -0.121. The fourth-order valence-electron chi connectivity index (χ4n) is 0.809. The molecule has 0 saturated carbocycles. The second-order valence-electron chi connectivity index (χ2n) is 2.69. The Bertz CT molecular complexity index is 115. The van der Waals surface area contributed by atoms with Crippen molar-refractivity contribution in [3.05, 3.63) is 0 Å². The summed E-state index contributed by atoms with van der Waals surface area (Å²) in [5.74, 6) is 0.118. The minimum absolute atomic E-state index is 0.118. The monoisotopic (exact) mass is 158 g/mol. The smallest absolute Gasteiger partial charge is 0.220 e. The van der Waals surface area contributed by atoms with Crippen LogP contribution >= 0.6 is 0 Å². The van der Waals surface area contributed by atoms with Crippen molar-refractivity contribution in [2.75, 3.05) is 20.3 Å². The summed E-state index contributed by atoms with van der Waals surface area (Å²) in [7, 11) is 2.00. The summed E-state index contributed by atoms with van der Waals surface area (Å²) in [5, 5.41) is 2.80. The van der Waals surface area contributed by atoms with Crippen molar-refractivity contribution in [3.8, 4) is 0 Å². The van der Waals surface area contributed by atoms with Crippen molar-refractivity contribution >= 4 is 5.91 Å². The van der Waals surface area contributed by atoms with E-state index in [1.54, 1.807) is 0 Å². The Kier molecular flexibility index (Phi) is 5.84. The van der Waals surface area contributed by atoms with Gasteiger partial charge in [-0.25, -0.2) is 0 Å².